The van der Waals surface area contributed by atoms with Gasteiger partial charge < -0.3 is 5.11 Å². The molecule has 0 radical (unpaired) electrons. The Bertz CT molecular complexity index is 563. The maximum Gasteiger partial charge on any atom is 0.250 e. The van der Waals surface area contributed by atoms with E-state index >= 15 is 0 Å². The molecule has 1 atom stereocenters. The Morgan fingerprint density at radius 1 is 1.38 bits per heavy atom. The van der Waals surface area contributed by atoms with Gasteiger partial charge in [-0.05, 0) is 51.4 Å². The zero-order valence-electron chi connectivity index (χ0n) is 12.6. The zero-order valence-corrected chi connectivity index (χ0v) is 14.3. The van der Waals surface area contributed by atoms with E-state index in [1.165, 1.54) is 19.3 Å². The van der Waals surface area contributed by atoms with Gasteiger partial charge in [0.2, 0.25) is 10.0 Å². The highest BCUT2D eigenvalue weighted by atomic mass is 32.2. The lowest BCUT2D eigenvalue weighted by Crippen LogP contribution is -2.44. The topological polar surface area (TPSA) is 69.6 Å². The average Bonchev–Trinajstić information content (AvgIpc) is 2.88. The van der Waals surface area contributed by atoms with Crippen LogP contribution in [0.5, 0.6) is 0 Å². The van der Waals surface area contributed by atoms with Crippen molar-refractivity contribution in [3.05, 3.63) is 16.5 Å². The zero-order chi connectivity index (χ0) is 15.5. The maximum absolute atomic E-state index is 12.3. The molecule has 1 aliphatic rings. The van der Waals surface area contributed by atoms with E-state index in [9.17, 15) is 13.5 Å². The fourth-order valence-corrected chi connectivity index (χ4v) is 5.18. The summed E-state index contributed by atoms with van der Waals surface area (Å²) >= 11 is 1.14. The number of likely N-dealkylation sites (tertiary alicyclic amines) is 1. The summed E-state index contributed by atoms with van der Waals surface area (Å²) in [6.07, 6.45) is 3.66. The van der Waals surface area contributed by atoms with Crippen LogP contribution in [0.4, 0.5) is 0 Å². The largest absolute Gasteiger partial charge is 0.391 e. The predicted molar refractivity (Wildman–Crippen MR) is 85.1 cm³/mol. The van der Waals surface area contributed by atoms with Crippen LogP contribution in [0.3, 0.4) is 0 Å². The molecule has 0 amide bonds. The van der Waals surface area contributed by atoms with Crippen LogP contribution in [-0.2, 0) is 16.6 Å². The first kappa shape index (κ1) is 16.9. The highest BCUT2D eigenvalue weighted by Crippen LogP contribution is 2.25. The quantitative estimate of drug-likeness (QED) is 0.832. The molecule has 2 N–H and O–H groups in total. The lowest BCUT2D eigenvalue weighted by Gasteiger charge is -2.32. The van der Waals surface area contributed by atoms with Gasteiger partial charge in [0.25, 0.3) is 0 Å². The minimum atomic E-state index is -3.48. The van der Waals surface area contributed by atoms with Crippen molar-refractivity contribution < 1.29 is 13.5 Å². The Morgan fingerprint density at radius 3 is 2.62 bits per heavy atom. The van der Waals surface area contributed by atoms with Crippen LogP contribution in [-0.4, -0.2) is 44.1 Å². The highest BCUT2D eigenvalue weighted by Gasteiger charge is 2.22. The van der Waals surface area contributed by atoms with Gasteiger partial charge >= 0.3 is 0 Å². The standard InChI is InChI=1S/C14H24N2O3S2/c1-11-8-14(20-13(11)10-17)21(18,19)15-9-12(2)16-6-4-3-5-7-16/h8,12,15,17H,3-7,9-10H2,1-2H3. The molecule has 1 aromatic rings. The molecule has 1 unspecified atom stereocenters. The van der Waals surface area contributed by atoms with Crippen LogP contribution in [0.15, 0.2) is 10.3 Å². The Morgan fingerprint density at radius 2 is 2.05 bits per heavy atom. The second-order valence-electron chi connectivity index (χ2n) is 5.63. The lowest BCUT2D eigenvalue weighted by atomic mass is 10.1. The molecule has 2 heterocycles. The summed E-state index contributed by atoms with van der Waals surface area (Å²) in [7, 11) is -3.48. The summed E-state index contributed by atoms with van der Waals surface area (Å²) in [6, 6.07) is 1.84. The van der Waals surface area contributed by atoms with Crippen molar-refractivity contribution in [2.45, 2.75) is 50.0 Å². The third-order valence-corrected chi connectivity index (χ3v) is 7.11. The molecule has 2 rings (SSSR count). The molecule has 21 heavy (non-hydrogen) atoms. The number of hydrogen-bond acceptors (Lipinski definition) is 5. The van der Waals surface area contributed by atoms with Crippen molar-refractivity contribution in [3.8, 4) is 0 Å². The molecule has 1 aromatic heterocycles. The number of rotatable bonds is 6. The number of sulfonamides is 1. The maximum atomic E-state index is 12.3. The fraction of sp³-hybridized carbons (Fsp3) is 0.714. The number of aliphatic hydroxyl groups is 1. The van der Waals surface area contributed by atoms with Crippen LogP contribution in [0.1, 0.15) is 36.6 Å². The van der Waals surface area contributed by atoms with Gasteiger partial charge in [0, 0.05) is 17.5 Å². The Labute approximate surface area is 131 Å². The van der Waals surface area contributed by atoms with Crippen LogP contribution < -0.4 is 4.72 Å². The van der Waals surface area contributed by atoms with Gasteiger partial charge in [0.1, 0.15) is 4.21 Å². The van der Waals surface area contributed by atoms with Crippen LogP contribution >= 0.6 is 11.3 Å². The molecule has 5 nitrogen and oxygen atoms in total. The molecule has 0 bridgehead atoms. The fourth-order valence-electron chi connectivity index (χ4n) is 2.57. The summed E-state index contributed by atoms with van der Waals surface area (Å²) in [4.78, 5) is 3.05. The van der Waals surface area contributed by atoms with Gasteiger partial charge in [-0.2, -0.15) is 0 Å². The van der Waals surface area contributed by atoms with Crippen LogP contribution in [0.2, 0.25) is 0 Å². The molecule has 0 aliphatic carbocycles. The smallest absolute Gasteiger partial charge is 0.250 e. The van der Waals surface area contributed by atoms with E-state index in [2.05, 4.69) is 16.5 Å². The molecule has 0 aromatic carbocycles. The second-order valence-corrected chi connectivity index (χ2v) is 8.76. The summed E-state index contributed by atoms with van der Waals surface area (Å²) in [6.45, 7) is 6.29. The third kappa shape index (κ3) is 4.26. The molecule has 1 fully saturated rings. The number of aryl methyl sites for hydroxylation is 1. The van der Waals surface area contributed by atoms with Gasteiger partial charge in [-0.1, -0.05) is 6.42 Å². The SMILES string of the molecule is Cc1cc(S(=O)(=O)NCC(C)N2CCCCC2)sc1CO. The van der Waals surface area contributed by atoms with E-state index < -0.39 is 10.0 Å². The van der Waals surface area contributed by atoms with Gasteiger partial charge in [-0.3, -0.25) is 4.90 Å². The minimum Gasteiger partial charge on any atom is -0.391 e. The summed E-state index contributed by atoms with van der Waals surface area (Å²) < 4.78 is 27.6. The van der Waals surface area contributed by atoms with Crippen molar-refractivity contribution in [1.29, 1.82) is 0 Å². The number of thiophene rings is 1. The predicted octanol–water partition coefficient (Wildman–Crippen LogP) is 1.70. The van der Waals surface area contributed by atoms with Gasteiger partial charge in [0.15, 0.2) is 0 Å². The molecule has 1 saturated heterocycles. The van der Waals surface area contributed by atoms with Crippen molar-refractivity contribution in [1.82, 2.24) is 9.62 Å². The molecule has 0 saturated carbocycles. The van der Waals surface area contributed by atoms with Gasteiger partial charge in [-0.25, -0.2) is 13.1 Å². The number of nitrogens with one attached hydrogen (secondary N) is 1. The normalized spacial score (nSPS) is 18.8. The van der Waals surface area contributed by atoms with E-state index in [-0.39, 0.29) is 16.9 Å². The molecular formula is C14H24N2O3S2. The van der Waals surface area contributed by atoms with E-state index in [1.807, 2.05) is 6.92 Å². The lowest BCUT2D eigenvalue weighted by molar-refractivity contribution is 0.175. The molecule has 7 heteroatoms. The van der Waals surface area contributed by atoms with E-state index in [1.54, 1.807) is 6.07 Å². The molecular weight excluding hydrogens is 308 g/mol. The number of hydrogen-bond donors (Lipinski definition) is 2. The number of piperidine rings is 1. The van der Waals surface area contributed by atoms with Crippen molar-refractivity contribution in [2.24, 2.45) is 0 Å². The first-order valence-electron chi connectivity index (χ1n) is 7.38. The number of aliphatic hydroxyl groups excluding tert-OH is 1. The first-order chi connectivity index (χ1) is 9.94. The van der Waals surface area contributed by atoms with Crippen LogP contribution in [0, 0.1) is 6.92 Å². The van der Waals surface area contributed by atoms with E-state index in [0.717, 1.165) is 30.0 Å². The van der Waals surface area contributed by atoms with Crippen molar-refractivity contribution in [2.75, 3.05) is 19.6 Å². The second kappa shape index (κ2) is 7.19. The average molecular weight is 332 g/mol. The molecule has 0 spiro atoms. The Hall–Kier alpha value is -0.470. The van der Waals surface area contributed by atoms with Crippen LogP contribution in [0.25, 0.3) is 0 Å². The van der Waals surface area contributed by atoms with E-state index in [4.69, 9.17) is 0 Å². The highest BCUT2D eigenvalue weighted by molar-refractivity contribution is 7.91. The molecule has 1 aliphatic heterocycles. The van der Waals surface area contributed by atoms with Gasteiger partial charge in [-0.15, -0.1) is 11.3 Å². The first-order valence-corrected chi connectivity index (χ1v) is 9.68. The minimum absolute atomic E-state index is 0.115. The third-order valence-electron chi connectivity index (χ3n) is 3.99. The summed E-state index contributed by atoms with van der Waals surface area (Å²) in [5.41, 5.74) is 0.826. The summed E-state index contributed by atoms with van der Waals surface area (Å²) in [5, 5.41) is 9.17. The van der Waals surface area contributed by atoms with Crippen molar-refractivity contribution in [3.63, 3.8) is 0 Å². The molecule has 120 valence electrons. The summed E-state index contributed by atoms with van der Waals surface area (Å²) in [5.74, 6) is 0. The number of nitrogens with zero attached hydrogens (tertiary/aromatic N) is 1. The van der Waals surface area contributed by atoms with E-state index in [0.29, 0.717) is 11.4 Å². The monoisotopic (exact) mass is 332 g/mol. The Balaban J connectivity index is 1.96. The van der Waals surface area contributed by atoms with Crippen molar-refractivity contribution >= 4 is 21.4 Å². The Kier molecular flexibility index (Phi) is 5.79. The van der Waals surface area contributed by atoms with Gasteiger partial charge in [0.05, 0.1) is 6.61 Å².